The molecule has 2 heterocycles. The molecule has 0 radical (unpaired) electrons. The minimum atomic E-state index is -0.408. The van der Waals surface area contributed by atoms with E-state index in [1.165, 1.54) is 10.8 Å². The number of nitrogens with one attached hydrogen (secondary N) is 1. The molecule has 7 heteroatoms. The Balaban J connectivity index is 2.39. The van der Waals surface area contributed by atoms with Crippen LogP contribution in [-0.4, -0.2) is 19.3 Å². The number of aryl methyl sites for hydroxylation is 1. The van der Waals surface area contributed by atoms with Gasteiger partial charge in [-0.3, -0.25) is 19.0 Å². The zero-order valence-electron chi connectivity index (χ0n) is 8.48. The van der Waals surface area contributed by atoms with Crippen molar-refractivity contribution in [2.45, 2.75) is 6.54 Å². The maximum absolute atomic E-state index is 11.5. The summed E-state index contributed by atoms with van der Waals surface area (Å²) in [7, 11) is 1.81. The molecule has 0 bridgehead atoms. The summed E-state index contributed by atoms with van der Waals surface area (Å²) < 4.78 is 3.60. The van der Waals surface area contributed by atoms with Crippen molar-refractivity contribution in [2.75, 3.05) is 0 Å². The van der Waals surface area contributed by atoms with Crippen molar-refractivity contribution in [1.82, 2.24) is 19.3 Å². The van der Waals surface area contributed by atoms with Crippen LogP contribution in [0.3, 0.4) is 0 Å². The topological polar surface area (TPSA) is 72.7 Å². The number of rotatable bonds is 2. The molecule has 0 aliphatic rings. The number of hydrogen-bond donors (Lipinski definition) is 1. The number of nitrogens with zero attached hydrogens (tertiary/aromatic N) is 3. The Bertz CT molecular complexity index is 625. The van der Waals surface area contributed by atoms with Crippen LogP contribution >= 0.6 is 22.6 Å². The molecule has 2 aromatic rings. The van der Waals surface area contributed by atoms with Crippen LogP contribution in [-0.2, 0) is 13.6 Å². The summed E-state index contributed by atoms with van der Waals surface area (Å²) in [4.78, 5) is 24.9. The highest BCUT2D eigenvalue weighted by Crippen LogP contribution is 1.99. The number of hydrogen-bond acceptors (Lipinski definition) is 3. The molecule has 0 atom stereocenters. The maximum Gasteiger partial charge on any atom is 0.328 e. The van der Waals surface area contributed by atoms with Crippen molar-refractivity contribution in [2.24, 2.45) is 7.05 Å². The first-order chi connectivity index (χ1) is 7.56. The lowest BCUT2D eigenvalue weighted by Crippen LogP contribution is -2.31. The highest BCUT2D eigenvalue weighted by molar-refractivity contribution is 14.1. The van der Waals surface area contributed by atoms with E-state index in [1.807, 2.05) is 35.8 Å². The zero-order valence-corrected chi connectivity index (χ0v) is 10.6. The van der Waals surface area contributed by atoms with E-state index in [0.29, 0.717) is 10.1 Å². The summed E-state index contributed by atoms with van der Waals surface area (Å²) >= 11 is 1.89. The lowest BCUT2D eigenvalue weighted by Gasteiger charge is -2.02. The summed E-state index contributed by atoms with van der Waals surface area (Å²) in [6.45, 7) is 0.402. The molecule has 2 aromatic heterocycles. The van der Waals surface area contributed by atoms with Crippen LogP contribution in [0.25, 0.3) is 0 Å². The minimum Gasteiger partial charge on any atom is -0.295 e. The van der Waals surface area contributed by atoms with Crippen molar-refractivity contribution < 1.29 is 0 Å². The maximum atomic E-state index is 11.5. The molecule has 0 saturated heterocycles. The molecule has 1 N–H and O–H groups in total. The molecule has 0 aliphatic carbocycles. The van der Waals surface area contributed by atoms with Gasteiger partial charge in [-0.15, -0.1) is 0 Å². The largest absolute Gasteiger partial charge is 0.328 e. The number of H-pyrrole nitrogens is 1. The van der Waals surface area contributed by atoms with Crippen LogP contribution in [0, 0.1) is 3.57 Å². The normalized spacial score (nSPS) is 10.6. The third kappa shape index (κ3) is 2.23. The van der Waals surface area contributed by atoms with Crippen LogP contribution < -0.4 is 11.2 Å². The molecule has 0 saturated carbocycles. The van der Waals surface area contributed by atoms with E-state index in [9.17, 15) is 9.59 Å². The van der Waals surface area contributed by atoms with Crippen LogP contribution in [0.5, 0.6) is 0 Å². The van der Waals surface area contributed by atoms with Gasteiger partial charge in [0, 0.05) is 25.0 Å². The van der Waals surface area contributed by atoms with Crippen LogP contribution in [0.15, 0.2) is 28.2 Å². The zero-order chi connectivity index (χ0) is 11.7. The van der Waals surface area contributed by atoms with Gasteiger partial charge in [-0.25, -0.2) is 4.79 Å². The summed E-state index contributed by atoms with van der Waals surface area (Å²) in [5, 5.41) is 4.01. The monoisotopic (exact) mass is 332 g/mol. The Labute approximate surface area is 104 Å². The van der Waals surface area contributed by atoms with Gasteiger partial charge >= 0.3 is 5.69 Å². The van der Waals surface area contributed by atoms with Crippen LogP contribution in [0.2, 0.25) is 0 Å². The van der Waals surface area contributed by atoms with Crippen LogP contribution in [0.1, 0.15) is 5.56 Å². The number of halogens is 1. The average Bonchev–Trinajstić information content (AvgIpc) is 2.60. The second kappa shape index (κ2) is 4.24. The second-order valence-corrected chi connectivity index (χ2v) is 4.55. The molecule has 0 unspecified atom stereocenters. The van der Waals surface area contributed by atoms with Crippen molar-refractivity contribution in [3.8, 4) is 0 Å². The Hall–Kier alpha value is -1.38. The van der Waals surface area contributed by atoms with Gasteiger partial charge in [-0.1, -0.05) is 0 Å². The fourth-order valence-electron chi connectivity index (χ4n) is 1.35. The molecule has 6 nitrogen and oxygen atoms in total. The molecule has 0 amide bonds. The number of aromatic nitrogens is 4. The van der Waals surface area contributed by atoms with E-state index in [-0.39, 0.29) is 5.56 Å². The van der Waals surface area contributed by atoms with E-state index in [4.69, 9.17) is 0 Å². The van der Waals surface area contributed by atoms with Gasteiger partial charge in [0.25, 0.3) is 5.56 Å². The van der Waals surface area contributed by atoms with Gasteiger partial charge in [0.05, 0.1) is 16.3 Å². The second-order valence-electron chi connectivity index (χ2n) is 3.39. The predicted octanol–water partition coefficient (Wildman–Crippen LogP) is -0.0770. The Morgan fingerprint density at radius 2 is 2.19 bits per heavy atom. The van der Waals surface area contributed by atoms with E-state index < -0.39 is 5.69 Å². The Morgan fingerprint density at radius 1 is 1.44 bits per heavy atom. The minimum absolute atomic E-state index is 0.354. The van der Waals surface area contributed by atoms with Crippen molar-refractivity contribution in [3.05, 3.63) is 48.6 Å². The fraction of sp³-hybridized carbons (Fsp3) is 0.222. The third-order valence-electron chi connectivity index (χ3n) is 2.08. The average molecular weight is 332 g/mol. The van der Waals surface area contributed by atoms with E-state index in [1.54, 1.807) is 10.9 Å². The van der Waals surface area contributed by atoms with Crippen molar-refractivity contribution in [3.63, 3.8) is 0 Å². The fourth-order valence-corrected chi connectivity index (χ4v) is 1.82. The van der Waals surface area contributed by atoms with Crippen molar-refractivity contribution >= 4 is 22.6 Å². The Morgan fingerprint density at radius 3 is 2.81 bits per heavy atom. The van der Waals surface area contributed by atoms with Gasteiger partial charge in [-0.05, 0) is 22.6 Å². The van der Waals surface area contributed by atoms with Gasteiger partial charge < -0.3 is 0 Å². The molecule has 0 spiro atoms. The predicted molar refractivity (Wildman–Crippen MR) is 66.3 cm³/mol. The van der Waals surface area contributed by atoms with Gasteiger partial charge in [-0.2, -0.15) is 5.10 Å². The molecular formula is C9H9IN4O2. The standard InChI is InChI=1S/C9H9IN4O2/c1-13-3-6(2-11-13)4-14-5-7(10)8(15)12-9(14)16/h2-3,5H,4H2,1H3,(H,12,15,16). The van der Waals surface area contributed by atoms with Crippen LogP contribution in [0.4, 0.5) is 0 Å². The first kappa shape index (κ1) is 11.1. The summed E-state index contributed by atoms with van der Waals surface area (Å²) in [5.41, 5.74) is 0.148. The third-order valence-corrected chi connectivity index (χ3v) is 2.85. The molecule has 0 aromatic carbocycles. The summed E-state index contributed by atoms with van der Waals surface area (Å²) in [6, 6.07) is 0. The lowest BCUT2D eigenvalue weighted by atomic mass is 10.3. The highest BCUT2D eigenvalue weighted by Gasteiger charge is 2.03. The number of aromatic amines is 1. The van der Waals surface area contributed by atoms with E-state index in [2.05, 4.69) is 10.1 Å². The van der Waals surface area contributed by atoms with Gasteiger partial charge in [0.2, 0.25) is 0 Å². The quantitative estimate of drug-likeness (QED) is 0.782. The molecule has 0 fully saturated rings. The molecular weight excluding hydrogens is 323 g/mol. The first-order valence-electron chi connectivity index (χ1n) is 4.53. The summed E-state index contributed by atoms with van der Waals surface area (Å²) in [5.74, 6) is 0. The molecule has 16 heavy (non-hydrogen) atoms. The van der Waals surface area contributed by atoms with Gasteiger partial charge in [0.1, 0.15) is 0 Å². The van der Waals surface area contributed by atoms with Crippen molar-refractivity contribution in [1.29, 1.82) is 0 Å². The Kier molecular flexibility index (Phi) is 2.95. The highest BCUT2D eigenvalue weighted by atomic mass is 127. The molecule has 84 valence electrons. The summed E-state index contributed by atoms with van der Waals surface area (Å²) in [6.07, 6.45) is 5.05. The first-order valence-corrected chi connectivity index (χ1v) is 5.61. The molecule has 2 rings (SSSR count). The molecule has 0 aliphatic heterocycles. The van der Waals surface area contributed by atoms with E-state index >= 15 is 0 Å². The SMILES string of the molecule is Cn1cc(Cn2cc(I)c(=O)[nH]c2=O)cn1. The van der Waals surface area contributed by atoms with Gasteiger partial charge in [0.15, 0.2) is 0 Å². The van der Waals surface area contributed by atoms with E-state index in [0.717, 1.165) is 5.56 Å². The lowest BCUT2D eigenvalue weighted by molar-refractivity contribution is 0.713. The smallest absolute Gasteiger partial charge is 0.295 e.